The number of esters is 1. The molecule has 4 rings (SSSR count). The quantitative estimate of drug-likeness (QED) is 0.447. The monoisotopic (exact) mass is 416 g/mol. The first kappa shape index (κ1) is 21.2. The fourth-order valence-corrected chi connectivity index (χ4v) is 4.78. The minimum absolute atomic E-state index is 0.287. The number of carbonyl (C=O) groups excluding carboxylic acids is 1. The second-order valence-corrected chi connectivity index (χ2v) is 8.50. The number of ether oxygens (including phenoxy) is 5. The highest BCUT2D eigenvalue weighted by Gasteiger charge is 2.43. The molecule has 0 saturated carbocycles. The third kappa shape index (κ3) is 4.35. The van der Waals surface area contributed by atoms with Crippen molar-refractivity contribution in [1.29, 1.82) is 0 Å². The Morgan fingerprint density at radius 3 is 2.73 bits per heavy atom. The number of hydrogen-bond donors (Lipinski definition) is 0. The van der Waals surface area contributed by atoms with Gasteiger partial charge in [-0.3, -0.25) is 0 Å². The Morgan fingerprint density at radius 1 is 1.13 bits per heavy atom. The lowest BCUT2D eigenvalue weighted by Gasteiger charge is -2.38. The minimum Gasteiger partial charge on any atom is -0.497 e. The zero-order chi connectivity index (χ0) is 21.1. The van der Waals surface area contributed by atoms with E-state index in [-0.39, 0.29) is 17.9 Å². The summed E-state index contributed by atoms with van der Waals surface area (Å²) >= 11 is 0. The van der Waals surface area contributed by atoms with E-state index in [1.807, 2.05) is 12.1 Å². The van der Waals surface area contributed by atoms with Crippen LogP contribution in [-0.2, 0) is 14.2 Å². The third-order valence-corrected chi connectivity index (χ3v) is 6.33. The Kier molecular flexibility index (Phi) is 6.34. The maximum atomic E-state index is 12.3. The SMILES string of the molecule is COc1cc(OC)c2c(c1)/C(=C/CCCC[C@@H]1CCC[C@]3(CC[C@@H](C)O3)O1)OC2=O. The number of hydrogen-bond acceptors (Lipinski definition) is 6. The van der Waals surface area contributed by atoms with Crippen LogP contribution in [0.1, 0.15) is 80.6 Å². The van der Waals surface area contributed by atoms with Crippen LogP contribution >= 0.6 is 0 Å². The van der Waals surface area contributed by atoms with E-state index in [4.69, 9.17) is 23.7 Å². The van der Waals surface area contributed by atoms with E-state index in [1.165, 1.54) is 6.42 Å². The summed E-state index contributed by atoms with van der Waals surface area (Å²) in [6.07, 6.45) is 12.0. The Labute approximate surface area is 178 Å². The predicted molar refractivity (Wildman–Crippen MR) is 113 cm³/mol. The van der Waals surface area contributed by atoms with Gasteiger partial charge in [-0.1, -0.05) is 6.42 Å². The van der Waals surface area contributed by atoms with Crippen molar-refractivity contribution in [3.05, 3.63) is 29.3 Å². The van der Waals surface area contributed by atoms with Crippen molar-refractivity contribution < 1.29 is 28.5 Å². The molecule has 1 spiro atoms. The van der Waals surface area contributed by atoms with Gasteiger partial charge in [0.2, 0.25) is 0 Å². The van der Waals surface area contributed by atoms with Crippen LogP contribution in [0.5, 0.6) is 11.5 Å². The summed E-state index contributed by atoms with van der Waals surface area (Å²) in [6, 6.07) is 3.53. The van der Waals surface area contributed by atoms with E-state index in [2.05, 4.69) is 6.92 Å². The summed E-state index contributed by atoms with van der Waals surface area (Å²) in [6.45, 7) is 2.13. The number of methoxy groups -OCH3 is 2. The largest absolute Gasteiger partial charge is 0.497 e. The maximum absolute atomic E-state index is 12.3. The first-order chi connectivity index (χ1) is 14.5. The van der Waals surface area contributed by atoms with Crippen LogP contribution in [0.4, 0.5) is 0 Å². The first-order valence-electron chi connectivity index (χ1n) is 11.1. The molecule has 6 heteroatoms. The molecule has 2 fully saturated rings. The standard InChI is InChI=1S/C24H32O6/c1-16-11-13-24(29-16)12-7-9-17(30-24)8-5-4-6-10-20-19-14-18(26-2)15-21(27-3)22(19)23(25)28-20/h10,14-17H,4-9,11-13H2,1-3H3/b20-10-/t16-,17-,24-/m1/s1. The molecule has 3 atom stereocenters. The van der Waals surface area contributed by atoms with Gasteiger partial charge in [0.15, 0.2) is 5.79 Å². The van der Waals surface area contributed by atoms with E-state index >= 15 is 0 Å². The summed E-state index contributed by atoms with van der Waals surface area (Å²) in [7, 11) is 3.13. The summed E-state index contributed by atoms with van der Waals surface area (Å²) < 4.78 is 28.6. The molecule has 0 N–H and O–H groups in total. The van der Waals surface area contributed by atoms with Gasteiger partial charge in [0.25, 0.3) is 0 Å². The fourth-order valence-electron chi connectivity index (χ4n) is 4.78. The molecule has 0 bridgehead atoms. The van der Waals surface area contributed by atoms with Gasteiger partial charge >= 0.3 is 5.97 Å². The summed E-state index contributed by atoms with van der Waals surface area (Å²) in [4.78, 5) is 12.3. The predicted octanol–water partition coefficient (Wildman–Crippen LogP) is 5.24. The Balaban J connectivity index is 1.30. The highest BCUT2D eigenvalue weighted by atomic mass is 16.7. The number of unbranched alkanes of at least 4 members (excludes halogenated alkanes) is 2. The topological polar surface area (TPSA) is 63.2 Å². The average Bonchev–Trinajstić information content (AvgIpc) is 3.26. The molecule has 0 aliphatic carbocycles. The molecule has 30 heavy (non-hydrogen) atoms. The lowest BCUT2D eigenvalue weighted by Crippen LogP contribution is -2.40. The van der Waals surface area contributed by atoms with Crippen LogP contribution in [-0.4, -0.2) is 38.2 Å². The summed E-state index contributed by atoms with van der Waals surface area (Å²) in [5.41, 5.74) is 1.21. The number of cyclic esters (lactones) is 1. The smallest absolute Gasteiger partial charge is 0.348 e. The Bertz CT molecular complexity index is 812. The molecule has 0 unspecified atom stereocenters. The van der Waals surface area contributed by atoms with E-state index in [0.29, 0.717) is 28.9 Å². The minimum atomic E-state index is -0.373. The van der Waals surface area contributed by atoms with Gasteiger partial charge in [0, 0.05) is 24.5 Å². The molecule has 164 valence electrons. The third-order valence-electron chi connectivity index (χ3n) is 6.33. The van der Waals surface area contributed by atoms with Crippen molar-refractivity contribution >= 4 is 11.7 Å². The lowest BCUT2D eigenvalue weighted by atomic mass is 9.96. The van der Waals surface area contributed by atoms with Crippen LogP contribution in [0.15, 0.2) is 18.2 Å². The molecule has 0 amide bonds. The summed E-state index contributed by atoms with van der Waals surface area (Å²) in [5, 5.41) is 0. The number of allylic oxidation sites excluding steroid dienone is 1. The summed E-state index contributed by atoms with van der Waals surface area (Å²) in [5.74, 6) is 1.02. The number of fused-ring (bicyclic) bond motifs is 1. The second kappa shape index (κ2) is 8.98. The van der Waals surface area contributed by atoms with Crippen LogP contribution in [0.2, 0.25) is 0 Å². The normalized spacial score (nSPS) is 29.3. The molecule has 3 aliphatic heterocycles. The van der Waals surface area contributed by atoms with E-state index in [1.54, 1.807) is 20.3 Å². The van der Waals surface area contributed by atoms with Crippen molar-refractivity contribution in [2.24, 2.45) is 0 Å². The van der Waals surface area contributed by atoms with Crippen LogP contribution in [0.25, 0.3) is 5.76 Å². The van der Waals surface area contributed by atoms with Crippen molar-refractivity contribution in [3.8, 4) is 11.5 Å². The van der Waals surface area contributed by atoms with Crippen molar-refractivity contribution in [1.82, 2.24) is 0 Å². The average molecular weight is 417 g/mol. The molecular formula is C24H32O6. The number of rotatable bonds is 7. The van der Waals surface area contributed by atoms with E-state index < -0.39 is 0 Å². The van der Waals surface area contributed by atoms with Gasteiger partial charge in [-0.15, -0.1) is 0 Å². The first-order valence-corrected chi connectivity index (χ1v) is 11.1. The molecular weight excluding hydrogens is 384 g/mol. The zero-order valence-electron chi connectivity index (χ0n) is 18.2. The molecule has 3 heterocycles. The molecule has 1 aromatic rings. The fraction of sp³-hybridized carbons (Fsp3) is 0.625. The van der Waals surface area contributed by atoms with Crippen molar-refractivity contribution in [3.63, 3.8) is 0 Å². The van der Waals surface area contributed by atoms with Crippen molar-refractivity contribution in [2.75, 3.05) is 14.2 Å². The van der Waals surface area contributed by atoms with E-state index in [0.717, 1.165) is 56.9 Å². The van der Waals surface area contributed by atoms with Gasteiger partial charge in [0.1, 0.15) is 22.8 Å². The second-order valence-electron chi connectivity index (χ2n) is 8.50. The Morgan fingerprint density at radius 2 is 2.00 bits per heavy atom. The molecule has 1 aromatic carbocycles. The van der Waals surface area contributed by atoms with Crippen LogP contribution < -0.4 is 9.47 Å². The van der Waals surface area contributed by atoms with Gasteiger partial charge in [-0.25, -0.2) is 4.79 Å². The van der Waals surface area contributed by atoms with Gasteiger partial charge in [-0.2, -0.15) is 0 Å². The molecule has 0 aromatic heterocycles. The van der Waals surface area contributed by atoms with Crippen molar-refractivity contribution in [2.45, 2.75) is 82.7 Å². The number of benzene rings is 1. The van der Waals surface area contributed by atoms with Gasteiger partial charge in [0.05, 0.1) is 26.4 Å². The maximum Gasteiger partial charge on any atom is 0.348 e. The molecule has 6 nitrogen and oxygen atoms in total. The van der Waals surface area contributed by atoms with E-state index in [9.17, 15) is 4.79 Å². The molecule has 0 radical (unpaired) electrons. The Hall–Kier alpha value is -2.05. The lowest BCUT2D eigenvalue weighted by molar-refractivity contribution is -0.269. The van der Waals surface area contributed by atoms with Crippen LogP contribution in [0, 0.1) is 0 Å². The molecule has 2 saturated heterocycles. The van der Waals surface area contributed by atoms with Crippen LogP contribution in [0.3, 0.4) is 0 Å². The highest BCUT2D eigenvalue weighted by molar-refractivity contribution is 6.05. The number of carbonyl (C=O) groups is 1. The zero-order valence-corrected chi connectivity index (χ0v) is 18.2. The van der Waals surface area contributed by atoms with Gasteiger partial charge < -0.3 is 23.7 Å². The molecule has 3 aliphatic rings. The van der Waals surface area contributed by atoms with Gasteiger partial charge in [-0.05, 0) is 57.6 Å². The highest BCUT2D eigenvalue weighted by Crippen LogP contribution is 2.42.